The van der Waals surface area contributed by atoms with E-state index in [0.29, 0.717) is 39.7 Å². The monoisotopic (exact) mass is 472 g/mol. The minimum Gasteiger partial charge on any atom is -0.511 e. The lowest BCUT2D eigenvalue weighted by Crippen LogP contribution is -2.24. The number of carbonyl (C=O) groups excluding carboxylic acids is 1. The summed E-state index contributed by atoms with van der Waals surface area (Å²) < 4.78 is 6.89. The van der Waals surface area contributed by atoms with Gasteiger partial charge in [-0.2, -0.15) is 0 Å². The van der Waals surface area contributed by atoms with Crippen LogP contribution in [0.5, 0.6) is 11.5 Å². The first kappa shape index (κ1) is 19.2. The smallest absolute Gasteiger partial charge is 0.170 e. The van der Waals surface area contributed by atoms with Crippen LogP contribution in [0.15, 0.2) is 46.6 Å². The maximum absolute atomic E-state index is 13.3. The van der Waals surface area contributed by atoms with Crippen molar-refractivity contribution < 1.29 is 14.6 Å². The van der Waals surface area contributed by atoms with Crippen molar-refractivity contribution in [2.45, 2.75) is 32.6 Å². The van der Waals surface area contributed by atoms with Gasteiger partial charge in [-0.3, -0.25) is 4.79 Å². The highest BCUT2D eigenvalue weighted by atomic mass is 79.9. The Morgan fingerprint density at radius 1 is 1.14 bits per heavy atom. The van der Waals surface area contributed by atoms with Crippen LogP contribution in [0.1, 0.15) is 37.3 Å². The molecule has 0 aliphatic heterocycles. The van der Waals surface area contributed by atoms with Crippen LogP contribution < -0.4 is 4.74 Å². The molecule has 0 saturated heterocycles. The van der Waals surface area contributed by atoms with Crippen molar-refractivity contribution in [1.82, 2.24) is 0 Å². The van der Waals surface area contributed by atoms with Gasteiger partial charge in [-0.1, -0.05) is 40.5 Å². The van der Waals surface area contributed by atoms with Gasteiger partial charge in [0.2, 0.25) is 0 Å². The van der Waals surface area contributed by atoms with Crippen molar-refractivity contribution in [1.29, 1.82) is 0 Å². The molecule has 0 spiro atoms. The SMILES string of the molecule is CCc1ccc(Oc2ccc(Br)cc2Cl)cc1C1=C(O)[C@@H]2[C@@H]3CC[C@@H](C3)[C@@H]2C1=O. The Balaban J connectivity index is 1.54. The molecular formula is C24H22BrClO3. The summed E-state index contributed by atoms with van der Waals surface area (Å²) in [5.74, 6) is 2.46. The van der Waals surface area contributed by atoms with Gasteiger partial charge in [-0.15, -0.1) is 0 Å². The highest BCUT2D eigenvalue weighted by molar-refractivity contribution is 9.10. The van der Waals surface area contributed by atoms with Gasteiger partial charge >= 0.3 is 0 Å². The number of fused-ring (bicyclic) bond motifs is 5. The van der Waals surface area contributed by atoms with Crippen molar-refractivity contribution in [2.24, 2.45) is 23.7 Å². The number of hydrogen-bond donors (Lipinski definition) is 1. The Morgan fingerprint density at radius 3 is 2.59 bits per heavy atom. The molecule has 3 aliphatic carbocycles. The molecule has 0 heterocycles. The first-order valence-electron chi connectivity index (χ1n) is 10.2. The maximum Gasteiger partial charge on any atom is 0.170 e. The number of aliphatic hydroxyl groups is 1. The average Bonchev–Trinajstić information content (AvgIpc) is 3.38. The number of ketones is 1. The van der Waals surface area contributed by atoms with E-state index in [4.69, 9.17) is 16.3 Å². The molecule has 3 aliphatic rings. The summed E-state index contributed by atoms with van der Waals surface area (Å²) in [6.45, 7) is 2.06. The number of aliphatic hydroxyl groups excluding tert-OH is 1. The molecule has 4 atom stereocenters. The molecule has 3 nitrogen and oxygen atoms in total. The zero-order valence-electron chi connectivity index (χ0n) is 16.1. The first-order chi connectivity index (χ1) is 14.0. The summed E-state index contributed by atoms with van der Waals surface area (Å²) in [7, 11) is 0. The number of hydrogen-bond acceptors (Lipinski definition) is 3. The van der Waals surface area contributed by atoms with Gasteiger partial charge in [0.25, 0.3) is 0 Å². The highest BCUT2D eigenvalue weighted by Crippen LogP contribution is 2.60. The van der Waals surface area contributed by atoms with E-state index < -0.39 is 0 Å². The van der Waals surface area contributed by atoms with Crippen LogP contribution in [0.25, 0.3) is 5.57 Å². The van der Waals surface area contributed by atoms with Crippen LogP contribution in [0.3, 0.4) is 0 Å². The number of aryl methyl sites for hydroxylation is 1. The molecule has 2 aromatic carbocycles. The molecule has 2 saturated carbocycles. The molecule has 2 fully saturated rings. The van der Waals surface area contributed by atoms with E-state index in [1.54, 1.807) is 12.1 Å². The predicted molar refractivity (Wildman–Crippen MR) is 117 cm³/mol. The molecule has 0 amide bonds. The van der Waals surface area contributed by atoms with Crippen molar-refractivity contribution in [3.63, 3.8) is 0 Å². The lowest BCUT2D eigenvalue weighted by Gasteiger charge is -2.23. The Kier molecular flexibility index (Phi) is 4.75. The minimum absolute atomic E-state index is 0.0199. The summed E-state index contributed by atoms with van der Waals surface area (Å²) in [5.41, 5.74) is 2.36. The van der Waals surface area contributed by atoms with Crippen LogP contribution in [0, 0.1) is 23.7 Å². The molecule has 29 heavy (non-hydrogen) atoms. The quantitative estimate of drug-likeness (QED) is 0.521. The Morgan fingerprint density at radius 2 is 1.90 bits per heavy atom. The van der Waals surface area contributed by atoms with E-state index >= 15 is 0 Å². The number of benzene rings is 2. The molecule has 2 aromatic rings. The molecular weight excluding hydrogens is 452 g/mol. The van der Waals surface area contributed by atoms with E-state index in [2.05, 4.69) is 22.9 Å². The van der Waals surface area contributed by atoms with E-state index in [0.717, 1.165) is 41.3 Å². The summed E-state index contributed by atoms with van der Waals surface area (Å²) in [4.78, 5) is 13.3. The third-order valence-corrected chi connectivity index (χ3v) is 7.68. The molecule has 1 N–H and O–H groups in total. The second kappa shape index (κ2) is 7.17. The van der Waals surface area contributed by atoms with Crippen molar-refractivity contribution in [3.05, 3.63) is 62.8 Å². The second-order valence-electron chi connectivity index (χ2n) is 8.36. The van der Waals surface area contributed by atoms with Gasteiger partial charge < -0.3 is 9.84 Å². The van der Waals surface area contributed by atoms with Crippen molar-refractivity contribution >= 4 is 38.9 Å². The normalized spacial score (nSPS) is 27.6. The van der Waals surface area contributed by atoms with Gasteiger partial charge in [0.15, 0.2) is 5.78 Å². The minimum atomic E-state index is -0.0288. The topological polar surface area (TPSA) is 46.5 Å². The number of allylic oxidation sites excluding steroid dienone is 2. The van der Waals surface area contributed by atoms with Gasteiger partial charge in [0.1, 0.15) is 17.3 Å². The second-order valence-corrected chi connectivity index (χ2v) is 9.68. The van der Waals surface area contributed by atoms with Crippen LogP contribution in [-0.4, -0.2) is 10.9 Å². The summed E-state index contributed by atoms with van der Waals surface area (Å²) in [6.07, 6.45) is 4.11. The fraction of sp³-hybridized carbons (Fsp3) is 0.375. The fourth-order valence-corrected chi connectivity index (χ4v) is 6.35. The van der Waals surface area contributed by atoms with E-state index in [9.17, 15) is 9.90 Å². The Bertz CT molecular complexity index is 1040. The van der Waals surface area contributed by atoms with Crippen LogP contribution >= 0.6 is 27.5 Å². The van der Waals surface area contributed by atoms with E-state index in [1.807, 2.05) is 24.3 Å². The Labute approximate surface area is 183 Å². The molecule has 5 heteroatoms. The van der Waals surface area contributed by atoms with Crippen LogP contribution in [-0.2, 0) is 11.2 Å². The summed E-state index contributed by atoms with van der Waals surface area (Å²) in [5, 5.41) is 11.6. The molecule has 0 aromatic heterocycles. The lowest BCUT2D eigenvalue weighted by atomic mass is 9.80. The number of halogens is 2. The van der Waals surface area contributed by atoms with Crippen LogP contribution in [0.2, 0.25) is 5.02 Å². The van der Waals surface area contributed by atoms with Crippen molar-refractivity contribution in [2.75, 3.05) is 0 Å². The Hall–Kier alpha value is -1.78. The number of Topliss-reactive ketones (excluding diaryl/α,β-unsaturated/α-hetero) is 1. The zero-order valence-corrected chi connectivity index (χ0v) is 18.5. The zero-order chi connectivity index (χ0) is 20.3. The van der Waals surface area contributed by atoms with Gasteiger partial charge in [-0.05, 0) is 79.0 Å². The average molecular weight is 474 g/mol. The van der Waals surface area contributed by atoms with Gasteiger partial charge in [-0.25, -0.2) is 0 Å². The molecule has 2 bridgehead atoms. The van der Waals surface area contributed by atoms with Gasteiger partial charge in [0, 0.05) is 16.3 Å². The summed E-state index contributed by atoms with van der Waals surface area (Å²) >= 11 is 9.69. The molecule has 0 radical (unpaired) electrons. The third kappa shape index (κ3) is 3.03. The van der Waals surface area contributed by atoms with Gasteiger partial charge in [0.05, 0.1) is 10.6 Å². The fourth-order valence-electron chi connectivity index (χ4n) is 5.64. The molecule has 150 valence electrons. The first-order valence-corrected chi connectivity index (χ1v) is 11.4. The lowest BCUT2D eigenvalue weighted by molar-refractivity contribution is -0.118. The largest absolute Gasteiger partial charge is 0.511 e. The summed E-state index contributed by atoms with van der Waals surface area (Å²) in [6, 6.07) is 11.2. The number of carbonyl (C=O) groups is 1. The van der Waals surface area contributed by atoms with Crippen molar-refractivity contribution in [3.8, 4) is 11.5 Å². The maximum atomic E-state index is 13.3. The predicted octanol–water partition coefficient (Wildman–Crippen LogP) is 6.97. The van der Waals surface area contributed by atoms with Crippen LogP contribution in [0.4, 0.5) is 0 Å². The van der Waals surface area contributed by atoms with E-state index in [-0.39, 0.29) is 17.6 Å². The highest BCUT2D eigenvalue weighted by Gasteiger charge is 2.57. The molecule has 0 unspecified atom stereocenters. The third-order valence-electron chi connectivity index (χ3n) is 6.89. The molecule has 5 rings (SSSR count). The number of rotatable bonds is 4. The van der Waals surface area contributed by atoms with E-state index in [1.165, 1.54) is 0 Å². The number of ether oxygens (including phenoxy) is 1. The standard InChI is InChI=1S/C24H22BrClO3/c1-2-12-5-7-16(29-19-8-6-15(25)10-18(19)26)11-17(12)22-23(27)20-13-3-4-14(9-13)21(20)24(22)28/h5-8,10-11,13-14,20-21,27H,2-4,9H2,1H3/t13-,14+,20-,21+/m1/s1.